The first-order valence-electron chi connectivity index (χ1n) is 5.06. The van der Waals surface area contributed by atoms with Crippen LogP contribution in [0.25, 0.3) is 0 Å². The molecule has 0 heterocycles. The summed E-state index contributed by atoms with van der Waals surface area (Å²) in [5.74, 6) is 2.09. The van der Waals surface area contributed by atoms with Crippen LogP contribution in [-0.4, -0.2) is 25.0 Å². The number of esters is 1. The second-order valence-corrected chi connectivity index (χ2v) is 2.96. The summed E-state index contributed by atoms with van der Waals surface area (Å²) in [6, 6.07) is 0. The highest BCUT2D eigenvalue weighted by Crippen LogP contribution is 1.92. The van der Waals surface area contributed by atoms with Crippen molar-refractivity contribution in [2.75, 3.05) is 13.2 Å². The van der Waals surface area contributed by atoms with Crippen molar-refractivity contribution in [3.05, 3.63) is 0 Å². The van der Waals surface area contributed by atoms with Crippen LogP contribution in [0, 0.1) is 12.3 Å². The van der Waals surface area contributed by atoms with Crippen molar-refractivity contribution in [2.24, 2.45) is 0 Å². The Labute approximate surface area is 90.4 Å². The summed E-state index contributed by atoms with van der Waals surface area (Å²) >= 11 is 0. The minimum atomic E-state index is -0.227. The molecule has 0 bridgehead atoms. The van der Waals surface area contributed by atoms with Gasteiger partial charge in [-0.25, -0.2) is 0 Å². The van der Waals surface area contributed by atoms with Gasteiger partial charge in [0.2, 0.25) is 5.91 Å². The van der Waals surface area contributed by atoms with Gasteiger partial charge in [0.15, 0.2) is 0 Å². The van der Waals surface area contributed by atoms with E-state index in [2.05, 4.69) is 11.2 Å². The largest absolute Gasteiger partial charge is 0.466 e. The molecule has 0 saturated heterocycles. The van der Waals surface area contributed by atoms with Gasteiger partial charge >= 0.3 is 5.97 Å². The van der Waals surface area contributed by atoms with Crippen LogP contribution in [0.4, 0.5) is 0 Å². The fourth-order valence-electron chi connectivity index (χ4n) is 0.968. The van der Waals surface area contributed by atoms with E-state index in [9.17, 15) is 9.59 Å². The molecule has 0 aliphatic heterocycles. The Balaban J connectivity index is 3.34. The average Bonchev–Trinajstić information content (AvgIpc) is 2.22. The zero-order chi connectivity index (χ0) is 11.5. The van der Waals surface area contributed by atoms with E-state index in [1.165, 1.54) is 0 Å². The molecule has 0 aromatic carbocycles. The third-order valence-corrected chi connectivity index (χ3v) is 1.68. The fourth-order valence-corrected chi connectivity index (χ4v) is 0.968. The molecule has 0 atom stereocenters. The van der Waals surface area contributed by atoms with Gasteiger partial charge < -0.3 is 10.1 Å². The van der Waals surface area contributed by atoms with Crippen molar-refractivity contribution in [1.29, 1.82) is 0 Å². The first-order valence-corrected chi connectivity index (χ1v) is 5.06. The number of hydrogen-bond acceptors (Lipinski definition) is 3. The zero-order valence-corrected chi connectivity index (χ0v) is 9.04. The monoisotopic (exact) mass is 211 g/mol. The molecule has 0 rings (SSSR count). The van der Waals surface area contributed by atoms with Crippen molar-refractivity contribution in [3.8, 4) is 12.3 Å². The summed E-state index contributed by atoms with van der Waals surface area (Å²) in [6.07, 6.45) is 6.74. The molecule has 4 heteroatoms. The minimum absolute atomic E-state index is 0.0724. The highest BCUT2D eigenvalue weighted by molar-refractivity contribution is 5.76. The Kier molecular flexibility index (Phi) is 8.16. The molecule has 4 nitrogen and oxygen atoms in total. The number of carbonyl (C=O) groups excluding carboxylic acids is 2. The van der Waals surface area contributed by atoms with E-state index in [4.69, 9.17) is 11.2 Å². The van der Waals surface area contributed by atoms with E-state index in [1.54, 1.807) is 6.92 Å². The number of amides is 1. The molecular formula is C11H17NO3. The second-order valence-electron chi connectivity index (χ2n) is 2.96. The SMILES string of the molecule is C#CCCC(=O)NCCCC(=O)OCC. The lowest BCUT2D eigenvalue weighted by Gasteiger charge is -2.03. The topological polar surface area (TPSA) is 55.4 Å². The van der Waals surface area contributed by atoms with Gasteiger partial charge in [-0.2, -0.15) is 0 Å². The Hall–Kier alpha value is -1.50. The first kappa shape index (κ1) is 13.5. The van der Waals surface area contributed by atoms with Crippen molar-refractivity contribution in [3.63, 3.8) is 0 Å². The maximum absolute atomic E-state index is 11.0. The van der Waals surface area contributed by atoms with E-state index < -0.39 is 0 Å². The summed E-state index contributed by atoms with van der Waals surface area (Å²) in [7, 11) is 0. The molecule has 1 amide bonds. The molecule has 15 heavy (non-hydrogen) atoms. The lowest BCUT2D eigenvalue weighted by Crippen LogP contribution is -2.24. The molecule has 84 valence electrons. The summed E-state index contributed by atoms with van der Waals surface area (Å²) in [6.45, 7) is 2.65. The Morgan fingerprint density at radius 1 is 1.40 bits per heavy atom. The van der Waals surface area contributed by atoms with Gasteiger partial charge in [-0.3, -0.25) is 9.59 Å². The molecule has 1 N–H and O–H groups in total. The predicted molar refractivity (Wildman–Crippen MR) is 56.9 cm³/mol. The van der Waals surface area contributed by atoms with E-state index in [0.717, 1.165) is 0 Å². The number of carbonyl (C=O) groups is 2. The molecule has 0 aliphatic carbocycles. The van der Waals surface area contributed by atoms with Gasteiger partial charge in [-0.15, -0.1) is 12.3 Å². The van der Waals surface area contributed by atoms with Gasteiger partial charge in [-0.1, -0.05) is 0 Å². The van der Waals surface area contributed by atoms with E-state index >= 15 is 0 Å². The van der Waals surface area contributed by atoms with Crippen molar-refractivity contribution >= 4 is 11.9 Å². The molecule has 0 spiro atoms. The van der Waals surface area contributed by atoms with E-state index in [1.807, 2.05) is 0 Å². The van der Waals surface area contributed by atoms with Crippen LogP contribution in [0.1, 0.15) is 32.6 Å². The smallest absolute Gasteiger partial charge is 0.305 e. The third-order valence-electron chi connectivity index (χ3n) is 1.68. The van der Waals surface area contributed by atoms with Crippen LogP contribution in [0.15, 0.2) is 0 Å². The van der Waals surface area contributed by atoms with Crippen LogP contribution in [0.3, 0.4) is 0 Å². The Morgan fingerprint density at radius 3 is 2.73 bits per heavy atom. The predicted octanol–water partition coefficient (Wildman–Crippen LogP) is 0.859. The maximum Gasteiger partial charge on any atom is 0.305 e. The van der Waals surface area contributed by atoms with Gasteiger partial charge in [0.1, 0.15) is 0 Å². The second kappa shape index (κ2) is 9.07. The quantitative estimate of drug-likeness (QED) is 0.386. The lowest BCUT2D eigenvalue weighted by atomic mass is 10.3. The first-order chi connectivity index (χ1) is 7.20. The zero-order valence-electron chi connectivity index (χ0n) is 9.04. The Morgan fingerprint density at radius 2 is 2.13 bits per heavy atom. The van der Waals surface area contributed by atoms with Crippen molar-refractivity contribution in [2.45, 2.75) is 32.6 Å². The standard InChI is InChI=1S/C11H17NO3/c1-3-5-7-10(13)12-9-6-8-11(14)15-4-2/h1H,4-9H2,2H3,(H,12,13). The Bertz CT molecular complexity index is 243. The van der Waals surface area contributed by atoms with Crippen LogP contribution in [-0.2, 0) is 14.3 Å². The molecule has 0 fully saturated rings. The highest BCUT2D eigenvalue weighted by atomic mass is 16.5. The van der Waals surface area contributed by atoms with Crippen LogP contribution in [0.2, 0.25) is 0 Å². The van der Waals surface area contributed by atoms with E-state index in [0.29, 0.717) is 38.8 Å². The molecule has 0 aromatic rings. The summed E-state index contributed by atoms with van der Waals surface area (Å²) in [4.78, 5) is 21.9. The molecule has 0 aliphatic rings. The fraction of sp³-hybridized carbons (Fsp3) is 0.636. The van der Waals surface area contributed by atoms with Gasteiger partial charge in [-0.05, 0) is 13.3 Å². The van der Waals surface area contributed by atoms with Crippen molar-refractivity contribution < 1.29 is 14.3 Å². The number of hydrogen-bond donors (Lipinski definition) is 1. The lowest BCUT2D eigenvalue weighted by molar-refractivity contribution is -0.143. The molecular weight excluding hydrogens is 194 g/mol. The van der Waals surface area contributed by atoms with Gasteiger partial charge in [0, 0.05) is 25.8 Å². The summed E-state index contributed by atoms with van der Waals surface area (Å²) in [5.41, 5.74) is 0. The minimum Gasteiger partial charge on any atom is -0.466 e. The van der Waals surface area contributed by atoms with Crippen LogP contribution < -0.4 is 5.32 Å². The van der Waals surface area contributed by atoms with Crippen LogP contribution >= 0.6 is 0 Å². The maximum atomic E-state index is 11.0. The third kappa shape index (κ3) is 8.82. The molecule has 0 unspecified atom stereocenters. The van der Waals surface area contributed by atoms with E-state index in [-0.39, 0.29) is 11.9 Å². The molecule has 0 aromatic heterocycles. The molecule has 0 radical (unpaired) electrons. The van der Waals surface area contributed by atoms with Gasteiger partial charge in [0.25, 0.3) is 0 Å². The van der Waals surface area contributed by atoms with Crippen molar-refractivity contribution in [1.82, 2.24) is 5.32 Å². The number of ether oxygens (including phenoxy) is 1. The van der Waals surface area contributed by atoms with Gasteiger partial charge in [0.05, 0.1) is 6.61 Å². The summed E-state index contributed by atoms with van der Waals surface area (Å²) in [5, 5.41) is 2.67. The normalized spacial score (nSPS) is 9.07. The molecule has 0 saturated carbocycles. The number of rotatable bonds is 7. The van der Waals surface area contributed by atoms with Crippen LogP contribution in [0.5, 0.6) is 0 Å². The summed E-state index contributed by atoms with van der Waals surface area (Å²) < 4.78 is 4.74. The average molecular weight is 211 g/mol. The highest BCUT2D eigenvalue weighted by Gasteiger charge is 2.02. The number of nitrogens with one attached hydrogen (secondary N) is 1. The number of terminal acetylenes is 1.